The summed E-state index contributed by atoms with van der Waals surface area (Å²) in [5.74, 6) is -0.686. The number of hydrogen-bond acceptors (Lipinski definition) is 5. The zero-order valence-corrected chi connectivity index (χ0v) is 22.3. The number of anilines is 1. The molecule has 0 spiro atoms. The van der Waals surface area contributed by atoms with Gasteiger partial charge in [0.2, 0.25) is 0 Å². The Hall–Kier alpha value is -3.15. The van der Waals surface area contributed by atoms with Crippen LogP contribution in [0.5, 0.6) is 0 Å². The lowest BCUT2D eigenvalue weighted by atomic mass is 10.0. The number of aromatic nitrogens is 3. The van der Waals surface area contributed by atoms with Crippen LogP contribution in [-0.4, -0.2) is 42.5 Å². The molecule has 1 N–H and O–H groups in total. The lowest BCUT2D eigenvalue weighted by Gasteiger charge is -2.23. The molecule has 1 aromatic carbocycles. The molecule has 1 saturated carbocycles. The Kier molecular flexibility index (Phi) is 7.36. The van der Waals surface area contributed by atoms with Crippen LogP contribution in [0.1, 0.15) is 47.2 Å². The van der Waals surface area contributed by atoms with Gasteiger partial charge in [-0.2, -0.15) is 5.10 Å². The third kappa shape index (κ3) is 5.29. The van der Waals surface area contributed by atoms with E-state index in [0.717, 1.165) is 18.4 Å². The van der Waals surface area contributed by atoms with E-state index >= 15 is 0 Å². The topological polar surface area (TPSA) is 97.0 Å². The molecule has 1 unspecified atom stereocenters. The van der Waals surface area contributed by atoms with E-state index in [9.17, 15) is 17.9 Å². The van der Waals surface area contributed by atoms with Crippen LogP contribution in [0.15, 0.2) is 59.5 Å². The summed E-state index contributed by atoms with van der Waals surface area (Å²) in [4.78, 5) is 17.2. The molecule has 0 radical (unpaired) electrons. The number of carbonyl (C=O) groups is 1. The third-order valence-electron chi connectivity index (χ3n) is 6.26. The van der Waals surface area contributed by atoms with Gasteiger partial charge in [-0.3, -0.25) is 13.8 Å². The highest BCUT2D eigenvalue weighted by Crippen LogP contribution is 2.46. The van der Waals surface area contributed by atoms with E-state index < -0.39 is 17.2 Å². The van der Waals surface area contributed by atoms with Crippen LogP contribution in [-0.2, 0) is 22.4 Å². The number of esters is 1. The molecule has 37 heavy (non-hydrogen) atoms. The minimum Gasteiger partial charge on any atom is -0.462 e. The van der Waals surface area contributed by atoms with E-state index in [1.165, 1.54) is 10.4 Å². The molecule has 0 aliphatic heterocycles. The second-order valence-electron chi connectivity index (χ2n) is 8.74. The number of fused-ring (bicyclic) bond motifs is 1. The molecule has 8 nitrogen and oxygen atoms in total. The molecule has 5 rings (SSSR count). The number of rotatable bonds is 9. The first-order valence-corrected chi connectivity index (χ1v) is 13.7. The van der Waals surface area contributed by atoms with Crippen molar-refractivity contribution in [2.45, 2.75) is 32.1 Å². The van der Waals surface area contributed by atoms with Gasteiger partial charge in [-0.05, 0) is 89.5 Å². The number of nitrogens with zero attached hydrogens (tertiary/aromatic N) is 4. The predicted molar refractivity (Wildman–Crippen MR) is 142 cm³/mol. The summed E-state index contributed by atoms with van der Waals surface area (Å²) < 4.78 is 45.4. The molecule has 1 aliphatic carbocycles. The second-order valence-corrected chi connectivity index (χ2v) is 10.5. The fourth-order valence-corrected chi connectivity index (χ4v) is 5.16. The van der Waals surface area contributed by atoms with Crippen molar-refractivity contribution in [1.82, 2.24) is 14.6 Å². The van der Waals surface area contributed by atoms with Gasteiger partial charge in [0.25, 0.3) is 11.3 Å². The Morgan fingerprint density at radius 1 is 1.32 bits per heavy atom. The van der Waals surface area contributed by atoms with Crippen molar-refractivity contribution in [1.29, 1.82) is 0 Å². The lowest BCUT2D eigenvalue weighted by molar-refractivity contribution is 0.0529. The summed E-state index contributed by atoms with van der Waals surface area (Å²) in [7, 11) is 0. The van der Waals surface area contributed by atoms with Gasteiger partial charge < -0.3 is 4.74 Å². The van der Waals surface area contributed by atoms with Crippen molar-refractivity contribution in [2.24, 2.45) is 0 Å². The Bertz CT molecular complexity index is 1490. The van der Waals surface area contributed by atoms with Gasteiger partial charge in [0.05, 0.1) is 28.5 Å². The highest BCUT2D eigenvalue weighted by atomic mass is 79.9. The molecule has 11 heteroatoms. The molecule has 1 aliphatic rings. The monoisotopic (exact) mass is 586 g/mol. The Labute approximate surface area is 224 Å². The smallest absolute Gasteiger partial charge is 0.342 e. The van der Waals surface area contributed by atoms with Crippen molar-refractivity contribution in [3.63, 3.8) is 0 Å². The lowest BCUT2D eigenvalue weighted by Crippen LogP contribution is -2.29. The van der Waals surface area contributed by atoms with E-state index in [2.05, 4.69) is 26.0 Å². The van der Waals surface area contributed by atoms with Gasteiger partial charge in [0, 0.05) is 24.5 Å². The van der Waals surface area contributed by atoms with E-state index in [4.69, 9.17) is 4.74 Å². The number of hydrogen-bond donors (Lipinski definition) is 1. The summed E-state index contributed by atoms with van der Waals surface area (Å²) in [6.45, 7) is 2.13. The number of benzene rings is 1. The quantitative estimate of drug-likeness (QED) is 0.204. The van der Waals surface area contributed by atoms with E-state index in [1.807, 2.05) is 12.1 Å². The van der Waals surface area contributed by atoms with E-state index in [-0.39, 0.29) is 24.9 Å². The first kappa shape index (κ1) is 25.5. The third-order valence-corrected chi connectivity index (χ3v) is 7.66. The SMILES string of the molecule is CCOC(=O)c1c(-c2cccnc2)nn2cc(N(CCc3ccc(Br)c(F)c3)S(=O)O)c(C3CC3)cc12. The maximum Gasteiger partial charge on any atom is 0.342 e. The fraction of sp³-hybridized carbons (Fsp3) is 0.269. The van der Waals surface area contributed by atoms with Gasteiger partial charge in [0.15, 0.2) is 0 Å². The molecule has 0 saturated heterocycles. The Balaban J connectivity index is 1.61. The highest BCUT2D eigenvalue weighted by Gasteiger charge is 2.32. The van der Waals surface area contributed by atoms with E-state index in [1.54, 1.807) is 48.2 Å². The molecule has 192 valence electrons. The Morgan fingerprint density at radius 3 is 2.78 bits per heavy atom. The fourth-order valence-electron chi connectivity index (χ4n) is 4.34. The molecule has 3 aromatic heterocycles. The maximum atomic E-state index is 14.0. The van der Waals surface area contributed by atoms with Crippen LogP contribution in [0, 0.1) is 5.82 Å². The standard InChI is InChI=1S/C26H24BrFN4O4S/c1-2-36-26(33)24-22-13-19(17-6-7-17)23(15-31(22)30-25(24)18-4-3-10-29-14-18)32(37(34)35)11-9-16-5-8-20(27)21(28)12-16/h3-5,8,10,12-15,17H,2,6-7,9,11H2,1H3,(H,34,35). The van der Waals surface area contributed by atoms with Gasteiger partial charge in [-0.25, -0.2) is 17.9 Å². The zero-order valence-electron chi connectivity index (χ0n) is 19.9. The number of halogens is 2. The molecule has 3 heterocycles. The first-order chi connectivity index (χ1) is 17.9. The predicted octanol–water partition coefficient (Wildman–Crippen LogP) is 5.54. The van der Waals surface area contributed by atoms with Gasteiger partial charge in [-0.1, -0.05) is 6.07 Å². The van der Waals surface area contributed by atoms with Crippen molar-refractivity contribution in [3.05, 3.63) is 82.0 Å². The summed E-state index contributed by atoms with van der Waals surface area (Å²) in [6.07, 6.45) is 7.17. The molecule has 0 amide bonds. The van der Waals surface area contributed by atoms with Crippen LogP contribution in [0.2, 0.25) is 0 Å². The second kappa shape index (κ2) is 10.7. The summed E-state index contributed by atoms with van der Waals surface area (Å²) in [5.41, 5.74) is 4.07. The minimum atomic E-state index is -2.34. The number of carbonyl (C=O) groups excluding carboxylic acids is 1. The van der Waals surface area contributed by atoms with Crippen molar-refractivity contribution < 1.29 is 22.7 Å². The largest absolute Gasteiger partial charge is 0.462 e. The van der Waals surface area contributed by atoms with Crippen LogP contribution >= 0.6 is 15.9 Å². The minimum absolute atomic E-state index is 0.177. The molecule has 4 aromatic rings. The van der Waals surface area contributed by atoms with Crippen molar-refractivity contribution >= 4 is 44.4 Å². The average molecular weight is 587 g/mol. The summed E-state index contributed by atoms with van der Waals surface area (Å²) in [6, 6.07) is 10.2. The molecule has 0 bridgehead atoms. The first-order valence-electron chi connectivity index (χ1n) is 11.8. The highest BCUT2D eigenvalue weighted by molar-refractivity contribution is 9.10. The normalized spacial score (nSPS) is 14.1. The van der Waals surface area contributed by atoms with Crippen molar-refractivity contribution in [3.8, 4) is 11.3 Å². The molecular formula is C26H24BrFN4O4S. The van der Waals surface area contributed by atoms with Crippen LogP contribution in [0.25, 0.3) is 16.8 Å². The Morgan fingerprint density at radius 2 is 2.14 bits per heavy atom. The van der Waals surface area contributed by atoms with Crippen molar-refractivity contribution in [2.75, 3.05) is 17.5 Å². The van der Waals surface area contributed by atoms with Gasteiger partial charge in [0.1, 0.15) is 17.1 Å². The molecular weight excluding hydrogens is 563 g/mol. The number of ether oxygens (including phenoxy) is 1. The summed E-state index contributed by atoms with van der Waals surface area (Å²) in [5, 5.41) is 4.66. The molecule has 1 fully saturated rings. The van der Waals surface area contributed by atoms with E-state index in [0.29, 0.717) is 44.5 Å². The van der Waals surface area contributed by atoms with Crippen LogP contribution < -0.4 is 4.31 Å². The molecule has 1 atom stereocenters. The van der Waals surface area contributed by atoms with Gasteiger partial charge >= 0.3 is 5.97 Å². The average Bonchev–Trinajstić information content (AvgIpc) is 3.66. The number of pyridine rings is 2. The zero-order chi connectivity index (χ0) is 26.1. The van der Waals surface area contributed by atoms with Gasteiger partial charge in [-0.15, -0.1) is 0 Å². The maximum absolute atomic E-state index is 14.0. The van der Waals surface area contributed by atoms with Crippen LogP contribution in [0.3, 0.4) is 0 Å². The van der Waals surface area contributed by atoms with Crippen LogP contribution in [0.4, 0.5) is 10.1 Å². The summed E-state index contributed by atoms with van der Waals surface area (Å²) >= 11 is 0.810.